The van der Waals surface area contributed by atoms with Crippen LogP contribution in [0.25, 0.3) is 0 Å². The van der Waals surface area contributed by atoms with Crippen molar-refractivity contribution in [1.29, 1.82) is 0 Å². The Bertz CT molecular complexity index is 365. The largest absolute Gasteiger partial charge is 0.481 e. The number of rotatable bonds is 9. The van der Waals surface area contributed by atoms with E-state index in [2.05, 4.69) is 33.9 Å². The first-order valence-corrected chi connectivity index (χ1v) is 10.1. The van der Waals surface area contributed by atoms with Crippen LogP contribution in [0.1, 0.15) is 40.0 Å². The molecular weight excluding hydrogens is 290 g/mol. The van der Waals surface area contributed by atoms with E-state index in [1.807, 2.05) is 0 Å². The molecule has 0 rings (SSSR count). The molecule has 0 amide bonds. The van der Waals surface area contributed by atoms with Gasteiger partial charge in [-0.3, -0.25) is 9.59 Å². The highest BCUT2D eigenvalue weighted by Gasteiger charge is 2.37. The SMILES string of the molecule is CC(C)(C)[Si](C)(C)OCCC[C@@H](C[C@H](N)C(=O)O)C(=O)O. The van der Waals surface area contributed by atoms with E-state index in [0.29, 0.717) is 19.4 Å². The molecule has 124 valence electrons. The minimum Gasteiger partial charge on any atom is -0.481 e. The Hall–Kier alpha value is -0.923. The lowest BCUT2D eigenvalue weighted by molar-refractivity contribution is -0.143. The molecule has 0 aliphatic heterocycles. The smallest absolute Gasteiger partial charge is 0.320 e. The van der Waals surface area contributed by atoms with E-state index in [1.165, 1.54) is 0 Å². The zero-order valence-corrected chi connectivity index (χ0v) is 14.7. The molecule has 0 spiro atoms. The predicted molar refractivity (Wildman–Crippen MR) is 83.7 cm³/mol. The Morgan fingerprint density at radius 3 is 2.10 bits per heavy atom. The zero-order chi connectivity index (χ0) is 16.8. The van der Waals surface area contributed by atoms with E-state index >= 15 is 0 Å². The highest BCUT2D eigenvalue weighted by molar-refractivity contribution is 6.74. The van der Waals surface area contributed by atoms with Crippen molar-refractivity contribution in [3.05, 3.63) is 0 Å². The molecule has 0 heterocycles. The lowest BCUT2D eigenvalue weighted by atomic mass is 9.95. The Kier molecular flexibility index (Phi) is 7.56. The van der Waals surface area contributed by atoms with Crippen LogP contribution < -0.4 is 5.73 Å². The number of hydrogen-bond donors (Lipinski definition) is 3. The molecule has 0 aliphatic rings. The van der Waals surface area contributed by atoms with Crippen LogP contribution in [0, 0.1) is 5.92 Å². The molecular formula is C14H29NO5Si. The third kappa shape index (κ3) is 7.06. The lowest BCUT2D eigenvalue weighted by Gasteiger charge is -2.36. The third-order valence-electron chi connectivity index (χ3n) is 4.17. The summed E-state index contributed by atoms with van der Waals surface area (Å²) in [5.74, 6) is -2.91. The number of carboxylic acids is 2. The summed E-state index contributed by atoms with van der Waals surface area (Å²) in [5, 5.41) is 18.0. The summed E-state index contributed by atoms with van der Waals surface area (Å²) in [6.07, 6.45) is 0.922. The van der Waals surface area contributed by atoms with Crippen molar-refractivity contribution in [2.75, 3.05) is 6.61 Å². The van der Waals surface area contributed by atoms with E-state index in [1.54, 1.807) is 0 Å². The van der Waals surface area contributed by atoms with Gasteiger partial charge in [-0.1, -0.05) is 20.8 Å². The molecule has 0 aromatic heterocycles. The van der Waals surface area contributed by atoms with Crippen molar-refractivity contribution >= 4 is 20.3 Å². The van der Waals surface area contributed by atoms with Gasteiger partial charge in [0, 0.05) is 6.61 Å². The van der Waals surface area contributed by atoms with Crippen LogP contribution in [-0.2, 0) is 14.0 Å². The molecule has 0 saturated carbocycles. The molecule has 0 fully saturated rings. The monoisotopic (exact) mass is 319 g/mol. The Balaban J connectivity index is 4.29. The summed E-state index contributed by atoms with van der Waals surface area (Å²) in [7, 11) is -1.82. The van der Waals surface area contributed by atoms with E-state index in [0.717, 1.165) is 0 Å². The minimum absolute atomic E-state index is 0.0508. The first kappa shape index (κ1) is 20.1. The quantitative estimate of drug-likeness (QED) is 0.444. The van der Waals surface area contributed by atoms with E-state index in [9.17, 15) is 9.59 Å². The molecule has 0 radical (unpaired) electrons. The summed E-state index contributed by atoms with van der Waals surface area (Å²) >= 11 is 0. The van der Waals surface area contributed by atoms with Gasteiger partial charge in [0.1, 0.15) is 6.04 Å². The van der Waals surface area contributed by atoms with Crippen molar-refractivity contribution in [1.82, 2.24) is 0 Å². The molecule has 0 aliphatic carbocycles. The van der Waals surface area contributed by atoms with Gasteiger partial charge in [-0.15, -0.1) is 0 Å². The van der Waals surface area contributed by atoms with Crippen molar-refractivity contribution in [2.45, 2.75) is 64.2 Å². The fraction of sp³-hybridized carbons (Fsp3) is 0.857. The molecule has 0 aromatic carbocycles. The second kappa shape index (κ2) is 7.91. The maximum absolute atomic E-state index is 11.1. The fourth-order valence-corrected chi connectivity index (χ4v) is 2.71. The normalized spacial score (nSPS) is 15.5. The molecule has 0 saturated heterocycles. The van der Waals surface area contributed by atoms with Gasteiger partial charge >= 0.3 is 11.9 Å². The van der Waals surface area contributed by atoms with Crippen LogP contribution in [0.3, 0.4) is 0 Å². The summed E-state index contributed by atoms with van der Waals surface area (Å²) in [5.41, 5.74) is 5.40. The maximum Gasteiger partial charge on any atom is 0.320 e. The van der Waals surface area contributed by atoms with Gasteiger partial charge in [-0.25, -0.2) is 0 Å². The molecule has 4 N–H and O–H groups in total. The molecule has 7 heteroatoms. The van der Waals surface area contributed by atoms with Crippen LogP contribution in [0.15, 0.2) is 0 Å². The van der Waals surface area contributed by atoms with Gasteiger partial charge in [-0.05, 0) is 37.4 Å². The lowest BCUT2D eigenvalue weighted by Crippen LogP contribution is -2.41. The van der Waals surface area contributed by atoms with Crippen molar-refractivity contribution < 1.29 is 24.2 Å². The van der Waals surface area contributed by atoms with Gasteiger partial charge in [0.2, 0.25) is 0 Å². The van der Waals surface area contributed by atoms with Gasteiger partial charge in [-0.2, -0.15) is 0 Å². The average Bonchev–Trinajstić information content (AvgIpc) is 2.30. The Morgan fingerprint density at radius 1 is 1.19 bits per heavy atom. The number of carbonyl (C=O) groups is 2. The molecule has 21 heavy (non-hydrogen) atoms. The summed E-state index contributed by atoms with van der Waals surface area (Å²) < 4.78 is 5.97. The summed E-state index contributed by atoms with van der Waals surface area (Å²) in [6, 6.07) is -1.13. The zero-order valence-electron chi connectivity index (χ0n) is 13.7. The van der Waals surface area contributed by atoms with Crippen LogP contribution in [-0.4, -0.2) is 43.1 Å². The topological polar surface area (TPSA) is 110 Å². The number of nitrogens with two attached hydrogens (primary N) is 1. The molecule has 2 atom stereocenters. The van der Waals surface area contributed by atoms with Crippen molar-refractivity contribution in [3.8, 4) is 0 Å². The minimum atomic E-state index is -1.82. The van der Waals surface area contributed by atoms with Gasteiger partial charge in [0.05, 0.1) is 5.92 Å². The Morgan fingerprint density at radius 2 is 1.71 bits per heavy atom. The number of aliphatic carboxylic acids is 2. The van der Waals surface area contributed by atoms with Crippen LogP contribution in [0.4, 0.5) is 0 Å². The number of hydrogen-bond acceptors (Lipinski definition) is 4. The fourth-order valence-electron chi connectivity index (χ4n) is 1.62. The van der Waals surface area contributed by atoms with Gasteiger partial charge < -0.3 is 20.4 Å². The average molecular weight is 319 g/mol. The predicted octanol–water partition coefficient (Wildman–Crippen LogP) is 2.29. The number of carboxylic acid groups (broad SMARTS) is 2. The third-order valence-corrected chi connectivity index (χ3v) is 8.71. The first-order chi connectivity index (χ1) is 9.38. The van der Waals surface area contributed by atoms with Crippen molar-refractivity contribution in [2.24, 2.45) is 11.7 Å². The van der Waals surface area contributed by atoms with Crippen LogP contribution >= 0.6 is 0 Å². The second-order valence-electron chi connectivity index (χ2n) is 6.97. The van der Waals surface area contributed by atoms with Crippen LogP contribution in [0.5, 0.6) is 0 Å². The first-order valence-electron chi connectivity index (χ1n) is 7.23. The standard InChI is InChI=1S/C14H29NO5Si/c1-14(2,3)21(4,5)20-8-6-7-10(12(16)17)9-11(15)13(18)19/h10-11H,6-9,15H2,1-5H3,(H,16,17)(H,18,19)/t10-,11-/m0/s1. The van der Waals surface area contributed by atoms with Crippen molar-refractivity contribution in [3.63, 3.8) is 0 Å². The summed E-state index contributed by atoms with van der Waals surface area (Å²) in [6.45, 7) is 11.2. The molecule has 6 nitrogen and oxygen atoms in total. The second-order valence-corrected chi connectivity index (χ2v) is 11.8. The summed E-state index contributed by atoms with van der Waals surface area (Å²) in [4.78, 5) is 21.8. The molecule has 0 unspecified atom stereocenters. The van der Waals surface area contributed by atoms with Gasteiger partial charge in [0.15, 0.2) is 8.32 Å². The van der Waals surface area contributed by atoms with E-state index < -0.39 is 32.2 Å². The van der Waals surface area contributed by atoms with E-state index in [4.69, 9.17) is 20.4 Å². The maximum atomic E-state index is 11.1. The highest BCUT2D eigenvalue weighted by Crippen LogP contribution is 2.36. The van der Waals surface area contributed by atoms with Crippen LogP contribution in [0.2, 0.25) is 18.1 Å². The van der Waals surface area contributed by atoms with E-state index in [-0.39, 0.29) is 11.5 Å². The Labute approximate surface area is 127 Å². The molecule has 0 bridgehead atoms. The molecule has 0 aromatic rings. The highest BCUT2D eigenvalue weighted by atomic mass is 28.4. The van der Waals surface area contributed by atoms with Gasteiger partial charge in [0.25, 0.3) is 0 Å².